The van der Waals surface area contributed by atoms with E-state index in [0.29, 0.717) is 28.9 Å². The summed E-state index contributed by atoms with van der Waals surface area (Å²) in [7, 11) is 0. The lowest BCUT2D eigenvalue weighted by Gasteiger charge is -2.30. The predicted octanol–water partition coefficient (Wildman–Crippen LogP) is 4.26. The number of aryl methyl sites for hydroxylation is 1. The van der Waals surface area contributed by atoms with E-state index < -0.39 is 0 Å². The van der Waals surface area contributed by atoms with Gasteiger partial charge in [0, 0.05) is 13.1 Å². The Balaban J connectivity index is 1.39. The van der Waals surface area contributed by atoms with Crippen LogP contribution in [0.2, 0.25) is 0 Å². The lowest BCUT2D eigenvalue weighted by Crippen LogP contribution is -2.41. The van der Waals surface area contributed by atoms with Crippen molar-refractivity contribution < 1.29 is 18.8 Å². The van der Waals surface area contributed by atoms with Crippen LogP contribution in [-0.4, -0.2) is 40.6 Å². The maximum Gasteiger partial charge on any atom is 0.264 e. The van der Waals surface area contributed by atoms with Gasteiger partial charge >= 0.3 is 0 Å². The van der Waals surface area contributed by atoms with E-state index in [1.807, 2.05) is 54.3 Å². The third-order valence-electron chi connectivity index (χ3n) is 5.31. The topological polar surface area (TPSA) is 77.7 Å². The van der Waals surface area contributed by atoms with E-state index in [0.717, 1.165) is 30.8 Å². The second-order valence-corrected chi connectivity index (χ2v) is 7.99. The van der Waals surface area contributed by atoms with E-state index in [1.165, 1.54) is 6.42 Å². The number of piperidine rings is 1. The highest BCUT2D eigenvalue weighted by atomic mass is 16.5. The van der Waals surface area contributed by atoms with E-state index in [9.17, 15) is 4.79 Å². The monoisotopic (exact) mass is 421 g/mol. The molecule has 1 aromatic heterocycles. The Morgan fingerprint density at radius 1 is 1.19 bits per heavy atom. The predicted molar refractivity (Wildman–Crippen MR) is 116 cm³/mol. The molecule has 2 heterocycles. The number of nitrogens with zero attached hydrogens (tertiary/aromatic N) is 3. The molecule has 3 aromatic rings. The Bertz CT molecular complexity index is 1030. The van der Waals surface area contributed by atoms with Gasteiger partial charge in [-0.15, -0.1) is 0 Å². The van der Waals surface area contributed by atoms with E-state index in [4.69, 9.17) is 14.0 Å². The molecule has 0 aliphatic carbocycles. The molecule has 31 heavy (non-hydrogen) atoms. The maximum atomic E-state index is 12.5. The van der Waals surface area contributed by atoms with Gasteiger partial charge in [0.2, 0.25) is 5.82 Å². The van der Waals surface area contributed by atoms with Crippen LogP contribution >= 0.6 is 0 Å². The van der Waals surface area contributed by atoms with Gasteiger partial charge in [-0.2, -0.15) is 4.98 Å². The molecule has 4 rings (SSSR count). The lowest BCUT2D eigenvalue weighted by atomic mass is 10.0. The number of hydrogen-bond acceptors (Lipinski definition) is 6. The Kier molecular flexibility index (Phi) is 6.50. The van der Waals surface area contributed by atoms with E-state index >= 15 is 0 Å². The molecule has 1 aliphatic heterocycles. The molecule has 1 unspecified atom stereocenters. The third-order valence-corrected chi connectivity index (χ3v) is 5.31. The van der Waals surface area contributed by atoms with Crippen molar-refractivity contribution in [3.8, 4) is 22.9 Å². The fourth-order valence-corrected chi connectivity index (χ4v) is 3.70. The zero-order valence-electron chi connectivity index (χ0n) is 17.9. The molecule has 0 radical (unpaired) electrons. The summed E-state index contributed by atoms with van der Waals surface area (Å²) in [5.74, 6) is 2.59. The zero-order chi connectivity index (χ0) is 21.6. The van der Waals surface area contributed by atoms with Gasteiger partial charge < -0.3 is 18.9 Å². The molecule has 1 atom stereocenters. The van der Waals surface area contributed by atoms with Crippen molar-refractivity contribution in [1.29, 1.82) is 0 Å². The lowest BCUT2D eigenvalue weighted by molar-refractivity contribution is -0.135. The third kappa shape index (κ3) is 5.42. The minimum Gasteiger partial charge on any atom is -0.484 e. The zero-order valence-corrected chi connectivity index (χ0v) is 17.9. The number of amides is 1. The van der Waals surface area contributed by atoms with Gasteiger partial charge in [-0.1, -0.05) is 36.3 Å². The summed E-state index contributed by atoms with van der Waals surface area (Å²) in [6.45, 7) is 5.93. The number of para-hydroxylation sites is 1. The molecule has 7 nitrogen and oxygen atoms in total. The molecule has 2 aromatic carbocycles. The Morgan fingerprint density at radius 2 is 2.06 bits per heavy atom. The molecular weight excluding hydrogens is 394 g/mol. The quantitative estimate of drug-likeness (QED) is 0.567. The molecule has 1 saturated heterocycles. The van der Waals surface area contributed by atoms with Gasteiger partial charge in [0.25, 0.3) is 11.8 Å². The summed E-state index contributed by atoms with van der Waals surface area (Å²) in [4.78, 5) is 18.9. The SMILES string of the molecule is Cc1cccc(OCc2nc(-c3ccccc3OCC(=O)N3CCCC(C)C3)no2)c1. The largest absolute Gasteiger partial charge is 0.484 e. The first kappa shape index (κ1) is 20.9. The molecule has 162 valence electrons. The Hall–Kier alpha value is -3.35. The Labute approximate surface area is 182 Å². The minimum absolute atomic E-state index is 0.00158. The van der Waals surface area contributed by atoms with Crippen LogP contribution in [0.25, 0.3) is 11.4 Å². The fourth-order valence-electron chi connectivity index (χ4n) is 3.70. The van der Waals surface area contributed by atoms with Crippen LogP contribution < -0.4 is 9.47 Å². The number of benzene rings is 2. The van der Waals surface area contributed by atoms with Crippen molar-refractivity contribution in [3.05, 3.63) is 60.0 Å². The second-order valence-electron chi connectivity index (χ2n) is 7.99. The Morgan fingerprint density at radius 3 is 2.90 bits per heavy atom. The molecule has 0 saturated carbocycles. The molecule has 0 bridgehead atoms. The number of ether oxygens (including phenoxy) is 2. The van der Waals surface area contributed by atoms with Gasteiger partial charge in [0.05, 0.1) is 5.56 Å². The van der Waals surface area contributed by atoms with Gasteiger partial charge in [0.15, 0.2) is 13.2 Å². The number of carbonyl (C=O) groups excluding carboxylic acids is 1. The number of aromatic nitrogens is 2. The van der Waals surface area contributed by atoms with Crippen molar-refractivity contribution >= 4 is 5.91 Å². The number of rotatable bonds is 7. The highest BCUT2D eigenvalue weighted by Crippen LogP contribution is 2.28. The number of hydrogen-bond donors (Lipinski definition) is 0. The molecular formula is C24H27N3O4. The van der Waals surface area contributed by atoms with Crippen LogP contribution in [0, 0.1) is 12.8 Å². The number of likely N-dealkylation sites (tertiary alicyclic amines) is 1. The highest BCUT2D eigenvalue weighted by Gasteiger charge is 2.22. The van der Waals surface area contributed by atoms with Gasteiger partial charge in [-0.25, -0.2) is 0 Å². The first-order valence-corrected chi connectivity index (χ1v) is 10.6. The smallest absolute Gasteiger partial charge is 0.264 e. The van der Waals surface area contributed by atoms with Crippen molar-refractivity contribution in [2.45, 2.75) is 33.3 Å². The molecule has 1 amide bonds. The summed E-state index contributed by atoms with van der Waals surface area (Å²) in [5.41, 5.74) is 1.79. The summed E-state index contributed by atoms with van der Waals surface area (Å²) >= 11 is 0. The highest BCUT2D eigenvalue weighted by molar-refractivity contribution is 5.78. The number of carbonyl (C=O) groups is 1. The van der Waals surface area contributed by atoms with Crippen LogP contribution in [0.15, 0.2) is 53.1 Å². The van der Waals surface area contributed by atoms with Gasteiger partial charge in [-0.05, 0) is 55.5 Å². The van der Waals surface area contributed by atoms with Crippen molar-refractivity contribution in [2.75, 3.05) is 19.7 Å². The summed E-state index contributed by atoms with van der Waals surface area (Å²) < 4.78 is 16.9. The molecule has 0 N–H and O–H groups in total. The van der Waals surface area contributed by atoms with Crippen LogP contribution in [0.5, 0.6) is 11.5 Å². The average molecular weight is 421 g/mol. The minimum atomic E-state index is -0.00902. The molecule has 1 fully saturated rings. The van der Waals surface area contributed by atoms with E-state index in [2.05, 4.69) is 17.1 Å². The van der Waals surface area contributed by atoms with Crippen LogP contribution in [0.3, 0.4) is 0 Å². The normalized spacial score (nSPS) is 16.2. The van der Waals surface area contributed by atoms with Crippen LogP contribution in [-0.2, 0) is 11.4 Å². The van der Waals surface area contributed by atoms with Crippen molar-refractivity contribution in [2.24, 2.45) is 5.92 Å². The van der Waals surface area contributed by atoms with Crippen LogP contribution in [0.1, 0.15) is 31.2 Å². The first-order valence-electron chi connectivity index (χ1n) is 10.6. The van der Waals surface area contributed by atoms with Crippen molar-refractivity contribution in [3.63, 3.8) is 0 Å². The summed E-state index contributed by atoms with van der Waals surface area (Å²) in [6, 6.07) is 15.1. The van der Waals surface area contributed by atoms with E-state index in [1.54, 1.807) is 6.07 Å². The van der Waals surface area contributed by atoms with Gasteiger partial charge in [0.1, 0.15) is 11.5 Å². The van der Waals surface area contributed by atoms with Crippen LogP contribution in [0.4, 0.5) is 0 Å². The standard InChI is InChI=1S/C24H27N3O4/c1-17-7-5-9-19(13-17)29-15-22-25-24(26-31-22)20-10-3-4-11-21(20)30-16-23(28)27-12-6-8-18(2)14-27/h3-5,7,9-11,13,18H,6,8,12,14-16H2,1-2H3. The average Bonchev–Trinajstić information content (AvgIpc) is 3.25. The van der Waals surface area contributed by atoms with Crippen molar-refractivity contribution in [1.82, 2.24) is 15.0 Å². The summed E-state index contributed by atoms with van der Waals surface area (Å²) in [6.07, 6.45) is 2.21. The van der Waals surface area contributed by atoms with Gasteiger partial charge in [-0.3, -0.25) is 4.79 Å². The molecule has 0 spiro atoms. The second kappa shape index (κ2) is 9.64. The fraction of sp³-hybridized carbons (Fsp3) is 0.375. The molecule has 7 heteroatoms. The summed E-state index contributed by atoms with van der Waals surface area (Å²) in [5, 5.41) is 4.06. The maximum absolute atomic E-state index is 12.5. The molecule has 1 aliphatic rings. The van der Waals surface area contributed by atoms with E-state index in [-0.39, 0.29) is 19.1 Å². The first-order chi connectivity index (χ1) is 15.1.